The SMILES string of the molecule is CC(C)CN1CCC(CN2CCC3(CC2)CC(OC(C)C)C3)CC1. The van der Waals surface area contributed by atoms with E-state index in [0.717, 1.165) is 11.8 Å². The fourth-order valence-electron chi connectivity index (χ4n) is 5.24. The van der Waals surface area contributed by atoms with Crippen molar-refractivity contribution in [2.75, 3.05) is 39.3 Å². The summed E-state index contributed by atoms with van der Waals surface area (Å²) in [6, 6.07) is 0. The Morgan fingerprint density at radius 3 is 2.08 bits per heavy atom. The zero-order chi connectivity index (χ0) is 17.2. The van der Waals surface area contributed by atoms with Crippen LogP contribution in [0.2, 0.25) is 0 Å². The smallest absolute Gasteiger partial charge is 0.0589 e. The molecule has 0 aromatic heterocycles. The zero-order valence-electron chi connectivity index (χ0n) is 16.6. The van der Waals surface area contributed by atoms with E-state index in [4.69, 9.17) is 4.74 Å². The predicted molar refractivity (Wildman–Crippen MR) is 101 cm³/mol. The van der Waals surface area contributed by atoms with Gasteiger partial charge in [0.15, 0.2) is 0 Å². The lowest BCUT2D eigenvalue weighted by molar-refractivity contribution is -0.124. The molecule has 2 saturated heterocycles. The molecule has 0 bridgehead atoms. The molecule has 1 spiro atoms. The molecule has 3 aliphatic rings. The lowest BCUT2D eigenvalue weighted by Gasteiger charge is -2.52. The van der Waals surface area contributed by atoms with Crippen LogP contribution in [0.5, 0.6) is 0 Å². The van der Waals surface area contributed by atoms with E-state index >= 15 is 0 Å². The average Bonchev–Trinajstić information content (AvgIpc) is 2.49. The molecule has 0 aromatic rings. The Labute approximate surface area is 150 Å². The third-order valence-corrected chi connectivity index (χ3v) is 6.55. The Balaban J connectivity index is 1.32. The van der Waals surface area contributed by atoms with Crippen molar-refractivity contribution in [3.8, 4) is 0 Å². The molecule has 0 N–H and O–H groups in total. The number of piperidine rings is 2. The minimum Gasteiger partial charge on any atom is -0.376 e. The monoisotopic (exact) mass is 336 g/mol. The molecule has 1 aliphatic carbocycles. The molecule has 0 amide bonds. The van der Waals surface area contributed by atoms with E-state index in [0.29, 0.717) is 17.6 Å². The van der Waals surface area contributed by atoms with Crippen LogP contribution in [0.15, 0.2) is 0 Å². The minimum atomic E-state index is 0.397. The highest BCUT2D eigenvalue weighted by Crippen LogP contribution is 2.50. The van der Waals surface area contributed by atoms with Crippen molar-refractivity contribution in [3.63, 3.8) is 0 Å². The Morgan fingerprint density at radius 2 is 1.54 bits per heavy atom. The van der Waals surface area contributed by atoms with Crippen molar-refractivity contribution in [1.29, 1.82) is 0 Å². The van der Waals surface area contributed by atoms with Crippen molar-refractivity contribution in [2.24, 2.45) is 17.3 Å². The van der Waals surface area contributed by atoms with E-state index in [1.165, 1.54) is 77.8 Å². The molecule has 0 radical (unpaired) electrons. The quantitative estimate of drug-likeness (QED) is 0.728. The standard InChI is InChI=1S/C21H40N2O/c1-17(2)15-22-9-5-19(6-10-22)16-23-11-7-21(8-12-23)13-20(14-21)24-18(3)4/h17-20H,5-16H2,1-4H3. The van der Waals surface area contributed by atoms with E-state index in [-0.39, 0.29) is 0 Å². The summed E-state index contributed by atoms with van der Waals surface area (Å²) in [6.45, 7) is 17.0. The number of nitrogens with zero attached hydrogens (tertiary/aromatic N) is 2. The summed E-state index contributed by atoms with van der Waals surface area (Å²) >= 11 is 0. The van der Waals surface area contributed by atoms with Crippen molar-refractivity contribution in [2.45, 2.75) is 78.4 Å². The minimum absolute atomic E-state index is 0.397. The van der Waals surface area contributed by atoms with Gasteiger partial charge in [0.1, 0.15) is 0 Å². The normalized spacial score (nSPS) is 27.2. The molecule has 24 heavy (non-hydrogen) atoms. The summed E-state index contributed by atoms with van der Waals surface area (Å²) < 4.78 is 5.98. The number of rotatable bonds is 6. The van der Waals surface area contributed by atoms with Crippen LogP contribution in [-0.2, 0) is 4.74 Å². The molecule has 0 aromatic carbocycles. The lowest BCUT2D eigenvalue weighted by Crippen LogP contribution is -2.51. The van der Waals surface area contributed by atoms with E-state index in [2.05, 4.69) is 37.5 Å². The summed E-state index contributed by atoms with van der Waals surface area (Å²) in [4.78, 5) is 5.44. The van der Waals surface area contributed by atoms with Crippen molar-refractivity contribution < 1.29 is 4.74 Å². The van der Waals surface area contributed by atoms with E-state index in [9.17, 15) is 0 Å². The molecular formula is C21H40N2O. The van der Waals surface area contributed by atoms with Crippen LogP contribution in [0, 0.1) is 17.3 Å². The maximum Gasteiger partial charge on any atom is 0.0589 e. The van der Waals surface area contributed by atoms with E-state index in [1.807, 2.05) is 0 Å². The molecule has 3 fully saturated rings. The lowest BCUT2D eigenvalue weighted by atomic mass is 9.61. The van der Waals surface area contributed by atoms with Gasteiger partial charge in [-0.3, -0.25) is 0 Å². The number of hydrogen-bond donors (Lipinski definition) is 0. The highest BCUT2D eigenvalue weighted by atomic mass is 16.5. The van der Waals surface area contributed by atoms with Gasteiger partial charge in [-0.1, -0.05) is 13.8 Å². The molecule has 1 saturated carbocycles. The number of ether oxygens (including phenoxy) is 1. The summed E-state index contributed by atoms with van der Waals surface area (Å²) in [6.07, 6.45) is 9.26. The van der Waals surface area contributed by atoms with Crippen LogP contribution in [0.3, 0.4) is 0 Å². The fraction of sp³-hybridized carbons (Fsp3) is 1.00. The summed E-state index contributed by atoms with van der Waals surface area (Å²) in [5.74, 6) is 1.76. The summed E-state index contributed by atoms with van der Waals surface area (Å²) in [7, 11) is 0. The first-order valence-corrected chi connectivity index (χ1v) is 10.5. The number of likely N-dealkylation sites (tertiary alicyclic amines) is 2. The molecule has 2 aliphatic heterocycles. The molecule has 3 heteroatoms. The highest BCUT2D eigenvalue weighted by Gasteiger charge is 2.46. The van der Waals surface area contributed by atoms with Gasteiger partial charge in [-0.15, -0.1) is 0 Å². The van der Waals surface area contributed by atoms with Gasteiger partial charge in [0.25, 0.3) is 0 Å². The van der Waals surface area contributed by atoms with Crippen LogP contribution in [0.1, 0.15) is 66.2 Å². The van der Waals surface area contributed by atoms with Crippen LogP contribution in [0.25, 0.3) is 0 Å². The van der Waals surface area contributed by atoms with Gasteiger partial charge in [-0.25, -0.2) is 0 Å². The van der Waals surface area contributed by atoms with Gasteiger partial charge in [0, 0.05) is 13.1 Å². The Hall–Kier alpha value is -0.120. The van der Waals surface area contributed by atoms with Crippen molar-refractivity contribution >= 4 is 0 Å². The highest BCUT2D eigenvalue weighted by molar-refractivity contribution is 4.98. The van der Waals surface area contributed by atoms with Gasteiger partial charge < -0.3 is 14.5 Å². The van der Waals surface area contributed by atoms with Gasteiger partial charge in [0.05, 0.1) is 12.2 Å². The largest absolute Gasteiger partial charge is 0.376 e. The van der Waals surface area contributed by atoms with Crippen molar-refractivity contribution in [1.82, 2.24) is 9.80 Å². The third-order valence-electron chi connectivity index (χ3n) is 6.55. The summed E-state index contributed by atoms with van der Waals surface area (Å²) in [5.41, 5.74) is 0.649. The van der Waals surface area contributed by atoms with Crippen LogP contribution in [-0.4, -0.2) is 61.3 Å². The van der Waals surface area contributed by atoms with Gasteiger partial charge in [0.2, 0.25) is 0 Å². The molecule has 2 heterocycles. The average molecular weight is 337 g/mol. The third kappa shape index (κ3) is 4.95. The summed E-state index contributed by atoms with van der Waals surface area (Å²) in [5, 5.41) is 0. The molecule has 0 atom stereocenters. The van der Waals surface area contributed by atoms with E-state index in [1.54, 1.807) is 0 Å². The number of hydrogen-bond acceptors (Lipinski definition) is 3. The maximum absolute atomic E-state index is 5.98. The zero-order valence-corrected chi connectivity index (χ0v) is 16.6. The topological polar surface area (TPSA) is 15.7 Å². The van der Waals surface area contributed by atoms with E-state index < -0.39 is 0 Å². The first-order valence-electron chi connectivity index (χ1n) is 10.5. The van der Waals surface area contributed by atoms with Crippen molar-refractivity contribution in [3.05, 3.63) is 0 Å². The molecular weight excluding hydrogens is 296 g/mol. The maximum atomic E-state index is 5.98. The molecule has 0 unspecified atom stereocenters. The Bertz CT molecular complexity index is 371. The first kappa shape index (κ1) is 18.7. The fourth-order valence-corrected chi connectivity index (χ4v) is 5.24. The molecule has 3 nitrogen and oxygen atoms in total. The Kier molecular flexibility index (Phi) is 6.26. The second kappa shape index (κ2) is 8.05. The molecule has 140 valence electrons. The second-order valence-electron chi connectivity index (χ2n) is 9.65. The van der Waals surface area contributed by atoms with Gasteiger partial charge in [-0.05, 0) is 95.8 Å². The van der Waals surface area contributed by atoms with Crippen LogP contribution < -0.4 is 0 Å². The van der Waals surface area contributed by atoms with Gasteiger partial charge in [-0.2, -0.15) is 0 Å². The van der Waals surface area contributed by atoms with Gasteiger partial charge >= 0.3 is 0 Å². The second-order valence-corrected chi connectivity index (χ2v) is 9.65. The Morgan fingerprint density at radius 1 is 0.917 bits per heavy atom. The van der Waals surface area contributed by atoms with Crippen LogP contribution >= 0.6 is 0 Å². The predicted octanol–water partition coefficient (Wildman–Crippen LogP) is 4.02. The first-order chi connectivity index (χ1) is 11.4. The molecule has 3 rings (SSSR count). The van der Waals surface area contributed by atoms with Crippen LogP contribution in [0.4, 0.5) is 0 Å².